The number of ether oxygens (including phenoxy) is 1. The minimum absolute atomic E-state index is 0.0731. The van der Waals surface area contributed by atoms with Crippen LogP contribution in [0, 0.1) is 11.6 Å². The van der Waals surface area contributed by atoms with Crippen molar-refractivity contribution in [2.75, 3.05) is 0 Å². The lowest BCUT2D eigenvalue weighted by atomic mass is 10.1. The summed E-state index contributed by atoms with van der Waals surface area (Å²) in [6.07, 6.45) is 1.42. The highest BCUT2D eigenvalue weighted by Gasteiger charge is 2.17. The van der Waals surface area contributed by atoms with E-state index in [1.807, 2.05) is 0 Å². The zero-order chi connectivity index (χ0) is 22.7. The van der Waals surface area contributed by atoms with Crippen LogP contribution < -0.4 is 10.3 Å². The molecule has 0 bridgehead atoms. The summed E-state index contributed by atoms with van der Waals surface area (Å²) in [4.78, 5) is 13.3. The van der Waals surface area contributed by atoms with Gasteiger partial charge in [0.1, 0.15) is 17.4 Å². The molecule has 1 unspecified atom stereocenters. The summed E-state index contributed by atoms with van der Waals surface area (Å²) in [7, 11) is 0. The molecule has 32 heavy (non-hydrogen) atoms. The number of rotatable bonds is 6. The molecular weight excluding hydrogens is 438 g/mol. The van der Waals surface area contributed by atoms with Crippen LogP contribution >= 0.6 is 0 Å². The second-order valence-electron chi connectivity index (χ2n) is 6.78. The predicted molar refractivity (Wildman–Crippen MR) is 114 cm³/mol. The smallest absolute Gasteiger partial charge is 0.315 e. The fraction of sp³-hybridized carbons (Fsp3) is 0.0435. The molecule has 162 valence electrons. The summed E-state index contributed by atoms with van der Waals surface area (Å²) in [6, 6.07) is 16.9. The summed E-state index contributed by atoms with van der Waals surface area (Å²) < 4.78 is 55.3. The van der Waals surface area contributed by atoms with Gasteiger partial charge in [0.15, 0.2) is 0 Å². The number of benzene rings is 3. The van der Waals surface area contributed by atoms with Crippen molar-refractivity contribution in [2.24, 2.45) is 0 Å². The summed E-state index contributed by atoms with van der Waals surface area (Å²) in [6.45, 7) is 0. The van der Waals surface area contributed by atoms with Crippen LogP contribution in [0.3, 0.4) is 0 Å². The summed E-state index contributed by atoms with van der Waals surface area (Å²) in [5.41, 5.74) is 1.23. The highest BCUT2D eigenvalue weighted by molar-refractivity contribution is 7.78. The molecule has 0 N–H and O–H groups in total. The first-order valence-corrected chi connectivity index (χ1v) is 10.6. The van der Waals surface area contributed by atoms with E-state index in [0.29, 0.717) is 22.4 Å². The molecule has 4 rings (SSSR count). The largest absolute Gasteiger partial charge is 0.772 e. The molecule has 0 radical (unpaired) electrons. The number of hydrogen-bond donors (Lipinski definition) is 0. The Balaban J connectivity index is 1.82. The average molecular weight is 453 g/mol. The van der Waals surface area contributed by atoms with Gasteiger partial charge in [-0.1, -0.05) is 35.3 Å². The molecule has 3 aromatic carbocycles. The first-order valence-electron chi connectivity index (χ1n) is 9.37. The molecule has 0 aliphatic heterocycles. The first-order chi connectivity index (χ1) is 15.4. The van der Waals surface area contributed by atoms with E-state index in [4.69, 9.17) is 4.74 Å². The minimum Gasteiger partial charge on any atom is -0.772 e. The number of hydrogen-bond acceptors (Lipinski definition) is 5. The molecule has 0 spiro atoms. The van der Waals surface area contributed by atoms with Crippen LogP contribution in [-0.4, -0.2) is 18.5 Å². The Hall–Kier alpha value is -3.69. The van der Waals surface area contributed by atoms with E-state index in [1.165, 1.54) is 54.7 Å². The van der Waals surface area contributed by atoms with Crippen LogP contribution in [0.15, 0.2) is 83.8 Å². The van der Waals surface area contributed by atoms with Gasteiger partial charge >= 0.3 is 5.56 Å². The fourth-order valence-electron chi connectivity index (χ4n) is 3.05. The van der Waals surface area contributed by atoms with Crippen LogP contribution in [0.1, 0.15) is 5.56 Å². The molecule has 1 aromatic heterocycles. The van der Waals surface area contributed by atoms with Crippen LogP contribution in [0.2, 0.25) is 0 Å². The summed E-state index contributed by atoms with van der Waals surface area (Å²) >= 11 is -2.23. The standard InChI is InChI=1S/C23H16F2N2O4S/c24-17-5-9-19(10-6-17)27-23(28)22(31-20-11-7-18(25)8-12-20)21(13-26-27)16-3-1-15(2-4-16)14-32(29)30/h1-13H,14H2,(H,29,30)/p-1. The van der Waals surface area contributed by atoms with E-state index in [1.54, 1.807) is 24.3 Å². The van der Waals surface area contributed by atoms with Gasteiger partial charge in [0.2, 0.25) is 5.75 Å². The van der Waals surface area contributed by atoms with Gasteiger partial charge in [0.25, 0.3) is 0 Å². The molecule has 0 aliphatic carbocycles. The van der Waals surface area contributed by atoms with E-state index in [0.717, 1.165) is 4.68 Å². The van der Waals surface area contributed by atoms with Gasteiger partial charge < -0.3 is 9.29 Å². The van der Waals surface area contributed by atoms with Crippen molar-refractivity contribution in [2.45, 2.75) is 5.75 Å². The van der Waals surface area contributed by atoms with Crippen molar-refractivity contribution >= 4 is 11.1 Å². The molecule has 1 atom stereocenters. The molecular formula is C23H15F2N2O4S-. The van der Waals surface area contributed by atoms with Crippen LogP contribution in [0.5, 0.6) is 11.5 Å². The Morgan fingerprint density at radius 3 is 2.09 bits per heavy atom. The van der Waals surface area contributed by atoms with Gasteiger partial charge in [-0.15, -0.1) is 0 Å². The SMILES string of the molecule is O=c1c(Oc2ccc(F)cc2)c(-c2ccc(CS(=O)[O-])cc2)cnn1-c1ccc(F)cc1. The fourth-order valence-corrected chi connectivity index (χ4v) is 3.51. The van der Waals surface area contributed by atoms with Crippen LogP contribution in [0.4, 0.5) is 8.78 Å². The summed E-state index contributed by atoms with van der Waals surface area (Å²) in [5.74, 6) is -0.886. The highest BCUT2D eigenvalue weighted by atomic mass is 32.2. The zero-order valence-electron chi connectivity index (χ0n) is 16.4. The maximum absolute atomic E-state index is 13.3. The second-order valence-corrected chi connectivity index (χ2v) is 7.68. The van der Waals surface area contributed by atoms with Crippen LogP contribution in [0.25, 0.3) is 16.8 Å². The van der Waals surface area contributed by atoms with E-state index in [9.17, 15) is 22.3 Å². The van der Waals surface area contributed by atoms with E-state index >= 15 is 0 Å². The third-order valence-corrected chi connectivity index (χ3v) is 5.16. The quantitative estimate of drug-likeness (QED) is 0.405. The van der Waals surface area contributed by atoms with Gasteiger partial charge in [-0.25, -0.2) is 8.78 Å². The normalized spacial score (nSPS) is 11.8. The van der Waals surface area contributed by atoms with E-state index in [2.05, 4.69) is 5.10 Å². The summed E-state index contributed by atoms with van der Waals surface area (Å²) in [5, 5.41) is 4.18. The van der Waals surface area contributed by atoms with Crippen molar-refractivity contribution < 1.29 is 22.3 Å². The lowest BCUT2D eigenvalue weighted by Crippen LogP contribution is -2.22. The molecule has 0 saturated heterocycles. The van der Waals surface area contributed by atoms with Gasteiger partial charge in [-0.2, -0.15) is 9.78 Å². The maximum atomic E-state index is 13.3. The molecule has 0 amide bonds. The van der Waals surface area contributed by atoms with Gasteiger partial charge in [0, 0.05) is 5.75 Å². The van der Waals surface area contributed by atoms with Crippen molar-refractivity contribution in [3.8, 4) is 28.3 Å². The van der Waals surface area contributed by atoms with Crippen molar-refractivity contribution in [1.82, 2.24) is 9.78 Å². The topological polar surface area (TPSA) is 84.2 Å². The van der Waals surface area contributed by atoms with Gasteiger partial charge in [-0.3, -0.25) is 9.00 Å². The third-order valence-electron chi connectivity index (χ3n) is 4.59. The molecule has 0 fully saturated rings. The van der Waals surface area contributed by atoms with E-state index < -0.39 is 28.3 Å². The Morgan fingerprint density at radius 1 is 0.906 bits per heavy atom. The molecule has 6 nitrogen and oxygen atoms in total. The Kier molecular flexibility index (Phi) is 6.20. The average Bonchev–Trinajstić information content (AvgIpc) is 2.77. The highest BCUT2D eigenvalue weighted by Crippen LogP contribution is 2.30. The Morgan fingerprint density at radius 2 is 1.50 bits per heavy atom. The Labute approximate surface area is 184 Å². The van der Waals surface area contributed by atoms with Gasteiger partial charge in [0.05, 0.1) is 17.4 Å². The predicted octanol–water partition coefficient (Wildman–Crippen LogP) is 4.35. The first kappa shape index (κ1) is 21.5. The van der Waals surface area contributed by atoms with Crippen molar-refractivity contribution in [1.29, 1.82) is 0 Å². The van der Waals surface area contributed by atoms with Crippen molar-refractivity contribution in [3.05, 3.63) is 107 Å². The van der Waals surface area contributed by atoms with Crippen LogP contribution in [-0.2, 0) is 16.8 Å². The third kappa shape index (κ3) is 4.79. The maximum Gasteiger partial charge on any atom is 0.315 e. The lowest BCUT2D eigenvalue weighted by molar-refractivity contribution is 0.468. The lowest BCUT2D eigenvalue weighted by Gasteiger charge is -2.14. The molecule has 0 saturated carbocycles. The Bertz CT molecular complexity index is 1320. The molecule has 0 aliphatic rings. The monoisotopic (exact) mass is 453 g/mol. The molecule has 4 aromatic rings. The minimum atomic E-state index is -2.23. The van der Waals surface area contributed by atoms with E-state index in [-0.39, 0.29) is 17.3 Å². The van der Waals surface area contributed by atoms with Crippen molar-refractivity contribution in [3.63, 3.8) is 0 Å². The number of aromatic nitrogens is 2. The molecule has 1 heterocycles. The second kappa shape index (κ2) is 9.21. The zero-order valence-corrected chi connectivity index (χ0v) is 17.2. The molecule has 9 heteroatoms. The number of halogens is 2. The van der Waals surface area contributed by atoms with Gasteiger partial charge in [-0.05, 0) is 59.7 Å². The number of nitrogens with zero attached hydrogens (tertiary/aromatic N) is 2.